The van der Waals surface area contributed by atoms with Crippen molar-refractivity contribution >= 4 is 28.5 Å². The number of aromatic nitrogens is 4. The van der Waals surface area contributed by atoms with Crippen LogP contribution in [0.15, 0.2) is 30.7 Å². The quantitative estimate of drug-likeness (QED) is 0.479. The number of fused-ring (bicyclic) bond motifs is 1. The van der Waals surface area contributed by atoms with Gasteiger partial charge in [-0.25, -0.2) is 15.0 Å². The highest BCUT2D eigenvalue weighted by atomic mass is 35.5. The molecule has 0 aromatic carbocycles. The van der Waals surface area contributed by atoms with Crippen LogP contribution in [0, 0.1) is 0 Å². The van der Waals surface area contributed by atoms with E-state index in [9.17, 15) is 15.3 Å². The summed E-state index contributed by atoms with van der Waals surface area (Å²) in [4.78, 5) is 12.6. The Morgan fingerprint density at radius 2 is 2.04 bits per heavy atom. The zero-order valence-electron chi connectivity index (χ0n) is 13.4. The Kier molecular flexibility index (Phi) is 4.25. The summed E-state index contributed by atoms with van der Waals surface area (Å²) < 4.78 is 7.16. The van der Waals surface area contributed by atoms with E-state index in [4.69, 9.17) is 22.1 Å². The molecule has 5 N–H and O–H groups in total. The van der Waals surface area contributed by atoms with Crippen LogP contribution in [0.4, 0.5) is 5.82 Å². The van der Waals surface area contributed by atoms with Crippen LogP contribution in [0.2, 0.25) is 5.15 Å². The number of anilines is 1. The van der Waals surface area contributed by atoms with Crippen LogP contribution < -0.4 is 5.73 Å². The third-order valence-electron chi connectivity index (χ3n) is 4.42. The molecule has 26 heavy (non-hydrogen) atoms. The van der Waals surface area contributed by atoms with E-state index < -0.39 is 31.1 Å². The van der Waals surface area contributed by atoms with Crippen molar-refractivity contribution in [2.24, 2.45) is 0 Å². The van der Waals surface area contributed by atoms with E-state index in [0.29, 0.717) is 27.4 Å². The summed E-state index contributed by atoms with van der Waals surface area (Å²) in [6.45, 7) is -0.423. The molecule has 0 saturated carbocycles. The van der Waals surface area contributed by atoms with Crippen LogP contribution in [0.25, 0.3) is 22.3 Å². The number of nitrogen functional groups attached to an aromatic ring is 1. The maximum Gasteiger partial charge on any atom is 0.164 e. The Morgan fingerprint density at radius 3 is 2.73 bits per heavy atom. The zero-order valence-corrected chi connectivity index (χ0v) is 14.2. The van der Waals surface area contributed by atoms with Crippen LogP contribution in [0.5, 0.6) is 0 Å². The largest absolute Gasteiger partial charge is 0.394 e. The van der Waals surface area contributed by atoms with Crippen LogP contribution in [0.3, 0.4) is 0 Å². The molecule has 4 atom stereocenters. The Hall–Kier alpha value is -2.30. The van der Waals surface area contributed by atoms with Gasteiger partial charge < -0.3 is 30.4 Å². The summed E-state index contributed by atoms with van der Waals surface area (Å²) in [7, 11) is 0. The molecule has 10 heteroatoms. The van der Waals surface area contributed by atoms with Gasteiger partial charge in [-0.05, 0) is 12.1 Å². The number of hydrogen-bond donors (Lipinski definition) is 4. The molecule has 1 aliphatic heterocycles. The van der Waals surface area contributed by atoms with Gasteiger partial charge in [-0.1, -0.05) is 17.7 Å². The maximum atomic E-state index is 10.3. The van der Waals surface area contributed by atoms with Crippen molar-refractivity contribution in [3.63, 3.8) is 0 Å². The van der Waals surface area contributed by atoms with Crippen molar-refractivity contribution < 1.29 is 20.1 Å². The molecule has 3 aromatic rings. The van der Waals surface area contributed by atoms with Crippen LogP contribution in [0.1, 0.15) is 6.23 Å². The Labute approximate surface area is 152 Å². The first-order valence-corrected chi connectivity index (χ1v) is 8.25. The van der Waals surface area contributed by atoms with E-state index in [1.54, 1.807) is 29.0 Å². The van der Waals surface area contributed by atoms with Crippen molar-refractivity contribution in [1.29, 1.82) is 0 Å². The molecule has 3 aromatic heterocycles. The minimum absolute atomic E-state index is 0.234. The van der Waals surface area contributed by atoms with E-state index in [1.165, 1.54) is 6.33 Å². The first-order valence-electron chi connectivity index (χ1n) is 7.87. The van der Waals surface area contributed by atoms with Gasteiger partial charge in [0.25, 0.3) is 0 Å². The van der Waals surface area contributed by atoms with Gasteiger partial charge in [0.15, 0.2) is 6.23 Å². The summed E-state index contributed by atoms with van der Waals surface area (Å²) in [5.41, 5.74) is 7.61. The number of nitrogens with two attached hydrogens (primary N) is 1. The van der Waals surface area contributed by atoms with E-state index in [0.717, 1.165) is 0 Å². The lowest BCUT2D eigenvalue weighted by Crippen LogP contribution is -2.33. The molecule has 0 radical (unpaired) electrons. The summed E-state index contributed by atoms with van der Waals surface area (Å²) in [5.74, 6) is 0.234. The van der Waals surface area contributed by atoms with E-state index in [-0.39, 0.29) is 5.82 Å². The lowest BCUT2D eigenvalue weighted by atomic mass is 10.1. The number of ether oxygens (including phenoxy) is 1. The second-order valence-electron chi connectivity index (χ2n) is 5.98. The Morgan fingerprint density at radius 1 is 1.23 bits per heavy atom. The number of pyridine rings is 1. The maximum absolute atomic E-state index is 10.3. The smallest absolute Gasteiger partial charge is 0.164 e. The number of halogens is 1. The predicted octanol–water partition coefficient (Wildman–Crippen LogP) is 0.340. The van der Waals surface area contributed by atoms with Gasteiger partial charge in [-0.15, -0.1) is 0 Å². The van der Waals surface area contributed by atoms with Crippen molar-refractivity contribution in [2.75, 3.05) is 12.3 Å². The van der Waals surface area contributed by atoms with Crippen molar-refractivity contribution in [3.8, 4) is 11.3 Å². The molecule has 1 saturated heterocycles. The topological polar surface area (TPSA) is 140 Å². The molecule has 4 heterocycles. The second-order valence-corrected chi connectivity index (χ2v) is 6.37. The van der Waals surface area contributed by atoms with Gasteiger partial charge in [0.2, 0.25) is 0 Å². The van der Waals surface area contributed by atoms with Gasteiger partial charge in [-0.3, -0.25) is 0 Å². The molecule has 1 aliphatic rings. The Bertz CT molecular complexity index is 965. The second kappa shape index (κ2) is 6.45. The van der Waals surface area contributed by atoms with Gasteiger partial charge in [-0.2, -0.15) is 0 Å². The molecular formula is C16H16ClN5O4. The third-order valence-corrected chi connectivity index (χ3v) is 4.63. The lowest BCUT2D eigenvalue weighted by Gasteiger charge is -2.17. The van der Waals surface area contributed by atoms with E-state index >= 15 is 0 Å². The summed E-state index contributed by atoms with van der Waals surface area (Å²) >= 11 is 5.99. The fraction of sp³-hybridized carbons (Fsp3) is 0.312. The standard InChI is InChI=1S/C16H16ClN5O4/c17-10-3-1-2-8(21-10)7-4-22(15-11(7)14(18)19-6-20-15)16-13(25)12(24)9(5-23)26-16/h1-4,6,9,12-13,16,23-25H,5H2,(H2,18,19,20)/t9-,12-,13-,16?/m1/s1. The normalized spacial score (nSPS) is 25.8. The fourth-order valence-electron chi connectivity index (χ4n) is 3.16. The van der Waals surface area contributed by atoms with Crippen LogP contribution >= 0.6 is 11.6 Å². The van der Waals surface area contributed by atoms with Gasteiger partial charge in [0.05, 0.1) is 17.7 Å². The van der Waals surface area contributed by atoms with Crippen molar-refractivity contribution in [3.05, 3.63) is 35.9 Å². The first kappa shape index (κ1) is 17.1. The highest BCUT2D eigenvalue weighted by Crippen LogP contribution is 2.37. The third kappa shape index (κ3) is 2.61. The minimum atomic E-state index is -1.25. The number of rotatable bonds is 3. The lowest BCUT2D eigenvalue weighted by molar-refractivity contribution is -0.0508. The molecule has 9 nitrogen and oxygen atoms in total. The van der Waals surface area contributed by atoms with Gasteiger partial charge >= 0.3 is 0 Å². The summed E-state index contributed by atoms with van der Waals surface area (Å²) in [6, 6.07) is 5.16. The molecule has 136 valence electrons. The highest BCUT2D eigenvalue weighted by Gasteiger charge is 2.44. The van der Waals surface area contributed by atoms with Crippen LogP contribution in [-0.4, -0.2) is 59.8 Å². The minimum Gasteiger partial charge on any atom is -0.394 e. The predicted molar refractivity (Wildman–Crippen MR) is 93.2 cm³/mol. The Balaban J connectivity index is 1.91. The summed E-state index contributed by atoms with van der Waals surface area (Å²) in [5, 5.41) is 30.5. The number of hydrogen-bond acceptors (Lipinski definition) is 8. The van der Waals surface area contributed by atoms with Gasteiger partial charge in [0.1, 0.15) is 41.3 Å². The molecular weight excluding hydrogens is 362 g/mol. The first-order chi connectivity index (χ1) is 12.5. The SMILES string of the molecule is Nc1ncnc2c1c(-c1cccc(Cl)n1)cn2C1O[C@H](CO)[C@@H](O)[C@H]1O. The summed E-state index contributed by atoms with van der Waals surface area (Å²) in [6.07, 6.45) is -1.38. The number of aliphatic hydroxyl groups excluding tert-OH is 3. The fourth-order valence-corrected chi connectivity index (χ4v) is 3.33. The zero-order chi connectivity index (χ0) is 18.4. The van der Waals surface area contributed by atoms with Crippen molar-refractivity contribution in [2.45, 2.75) is 24.5 Å². The molecule has 4 rings (SSSR count). The molecule has 0 aliphatic carbocycles. The molecule has 0 bridgehead atoms. The van der Waals surface area contributed by atoms with E-state index in [1.807, 2.05) is 0 Å². The molecule has 0 spiro atoms. The molecule has 1 unspecified atom stereocenters. The van der Waals surface area contributed by atoms with E-state index in [2.05, 4.69) is 15.0 Å². The molecule has 0 amide bonds. The monoisotopic (exact) mass is 377 g/mol. The molecule has 1 fully saturated rings. The highest BCUT2D eigenvalue weighted by molar-refractivity contribution is 6.29. The van der Waals surface area contributed by atoms with Crippen molar-refractivity contribution in [1.82, 2.24) is 19.5 Å². The number of nitrogens with zero attached hydrogens (tertiary/aromatic N) is 4. The average molecular weight is 378 g/mol. The average Bonchev–Trinajstić information content (AvgIpc) is 3.15. The van der Waals surface area contributed by atoms with Crippen LogP contribution in [-0.2, 0) is 4.74 Å². The van der Waals surface area contributed by atoms with Gasteiger partial charge in [0, 0.05) is 11.8 Å². The number of aliphatic hydroxyl groups is 3.